The van der Waals surface area contributed by atoms with Crippen LogP contribution in [0.25, 0.3) is 0 Å². The fourth-order valence-electron chi connectivity index (χ4n) is 3.94. The first-order valence-corrected chi connectivity index (χ1v) is 11.5. The van der Waals surface area contributed by atoms with Crippen LogP contribution >= 0.6 is 0 Å². The zero-order valence-corrected chi connectivity index (χ0v) is 16.8. The van der Waals surface area contributed by atoms with Crippen LogP contribution in [0, 0.1) is 4.78 Å². The summed E-state index contributed by atoms with van der Waals surface area (Å²) in [6, 6.07) is 14.7. The van der Waals surface area contributed by atoms with Crippen LogP contribution in [-0.2, 0) is 16.1 Å². The lowest BCUT2D eigenvalue weighted by molar-refractivity contribution is 0.198. The molecular weight excluding hydrogens is 358 g/mol. The fourth-order valence-corrected chi connectivity index (χ4v) is 4.59. The first kappa shape index (κ1) is 18.3. The van der Waals surface area contributed by atoms with Gasteiger partial charge in [0.1, 0.15) is 5.75 Å². The van der Waals surface area contributed by atoms with Gasteiger partial charge in [-0.3, -0.25) is 4.90 Å². The number of piperazine rings is 1. The molecule has 2 atom stereocenters. The minimum absolute atomic E-state index is 0.372. The van der Waals surface area contributed by atoms with E-state index in [1.54, 1.807) is 0 Å². The maximum atomic E-state index is 11.8. The van der Waals surface area contributed by atoms with Crippen molar-refractivity contribution in [2.45, 2.75) is 24.3 Å². The average molecular weight is 386 g/mol. The van der Waals surface area contributed by atoms with E-state index in [2.05, 4.69) is 34.9 Å². The number of hydrogen-bond donors (Lipinski definition) is 1. The van der Waals surface area contributed by atoms with Crippen LogP contribution in [0.1, 0.15) is 24.1 Å². The van der Waals surface area contributed by atoms with Gasteiger partial charge in [0.15, 0.2) is 0 Å². The van der Waals surface area contributed by atoms with Gasteiger partial charge in [0, 0.05) is 55.5 Å². The van der Waals surface area contributed by atoms with Crippen LogP contribution in [-0.4, -0.2) is 48.2 Å². The standard InChI is InChI=1S/C21H27N3O2S/c1-16(18-4-3-17-9-14-26-21(17)15-18)23-10-12-24(13-11-23)19-5-7-20(8-6-19)27(2,22)25/h3-8,15-16,22H,9-14H2,1-2H3. The van der Waals surface area contributed by atoms with Gasteiger partial charge < -0.3 is 9.64 Å². The highest BCUT2D eigenvalue weighted by Gasteiger charge is 2.23. The van der Waals surface area contributed by atoms with Gasteiger partial charge in [-0.1, -0.05) is 12.1 Å². The lowest BCUT2D eigenvalue weighted by Crippen LogP contribution is -2.47. The normalized spacial score (nSPS) is 20.6. The third-order valence-corrected chi connectivity index (χ3v) is 6.89. The SMILES string of the molecule is CC(c1ccc2c(c1)OCC2)N1CCN(c2ccc(S(C)(=N)=O)cc2)CC1. The number of ether oxygens (including phenoxy) is 1. The highest BCUT2D eigenvalue weighted by molar-refractivity contribution is 7.91. The summed E-state index contributed by atoms with van der Waals surface area (Å²) in [7, 11) is -2.64. The highest BCUT2D eigenvalue weighted by atomic mass is 32.2. The number of benzene rings is 2. The number of anilines is 1. The van der Waals surface area contributed by atoms with Crippen molar-refractivity contribution in [3.05, 3.63) is 53.6 Å². The van der Waals surface area contributed by atoms with Crippen LogP contribution in [0.3, 0.4) is 0 Å². The van der Waals surface area contributed by atoms with Crippen LogP contribution in [0.4, 0.5) is 5.69 Å². The molecule has 27 heavy (non-hydrogen) atoms. The molecule has 0 saturated carbocycles. The predicted octanol–water partition coefficient (Wildman–Crippen LogP) is 3.54. The first-order chi connectivity index (χ1) is 12.9. The summed E-state index contributed by atoms with van der Waals surface area (Å²) in [6.45, 7) is 7.01. The second kappa shape index (κ2) is 7.17. The van der Waals surface area contributed by atoms with E-state index in [9.17, 15) is 4.21 Å². The summed E-state index contributed by atoms with van der Waals surface area (Å²) in [4.78, 5) is 5.47. The molecule has 5 nitrogen and oxygen atoms in total. The summed E-state index contributed by atoms with van der Waals surface area (Å²) in [5.41, 5.74) is 3.78. The van der Waals surface area contributed by atoms with E-state index in [0.29, 0.717) is 10.9 Å². The van der Waals surface area contributed by atoms with Crippen molar-refractivity contribution in [3.8, 4) is 5.75 Å². The molecule has 0 aliphatic carbocycles. The Kier molecular flexibility index (Phi) is 4.86. The van der Waals surface area contributed by atoms with Gasteiger partial charge >= 0.3 is 0 Å². The third-order valence-electron chi connectivity index (χ3n) is 5.72. The van der Waals surface area contributed by atoms with Gasteiger partial charge in [-0.05, 0) is 48.4 Å². The molecule has 2 heterocycles. The fraction of sp³-hybridized carbons (Fsp3) is 0.429. The molecular formula is C21H27N3O2S. The maximum Gasteiger partial charge on any atom is 0.122 e. The van der Waals surface area contributed by atoms with Gasteiger partial charge in [0.05, 0.1) is 16.3 Å². The quantitative estimate of drug-likeness (QED) is 0.875. The number of nitrogens with one attached hydrogen (secondary N) is 1. The first-order valence-electron chi connectivity index (χ1n) is 9.50. The van der Waals surface area contributed by atoms with E-state index in [0.717, 1.165) is 50.6 Å². The molecule has 0 bridgehead atoms. The summed E-state index contributed by atoms with van der Waals surface area (Å²) < 4.78 is 25.2. The molecule has 0 aromatic heterocycles. The molecule has 1 fully saturated rings. The predicted molar refractivity (Wildman–Crippen MR) is 109 cm³/mol. The van der Waals surface area contributed by atoms with E-state index >= 15 is 0 Å². The number of rotatable bonds is 4. The van der Waals surface area contributed by atoms with E-state index in [4.69, 9.17) is 9.52 Å². The van der Waals surface area contributed by atoms with E-state index in [1.807, 2.05) is 24.3 Å². The molecule has 1 N–H and O–H groups in total. The molecule has 0 radical (unpaired) electrons. The van der Waals surface area contributed by atoms with E-state index in [1.165, 1.54) is 17.4 Å². The van der Waals surface area contributed by atoms with Crippen LogP contribution in [0.15, 0.2) is 47.4 Å². The highest BCUT2D eigenvalue weighted by Crippen LogP contribution is 2.31. The lowest BCUT2D eigenvalue weighted by Gasteiger charge is -2.39. The number of fused-ring (bicyclic) bond motifs is 1. The Hall–Kier alpha value is -2.05. The minimum Gasteiger partial charge on any atom is -0.493 e. The number of hydrogen-bond acceptors (Lipinski definition) is 5. The molecule has 1 saturated heterocycles. The molecule has 6 heteroatoms. The van der Waals surface area contributed by atoms with Crippen molar-refractivity contribution in [2.75, 3.05) is 43.9 Å². The molecule has 0 amide bonds. The molecule has 2 unspecified atom stereocenters. The van der Waals surface area contributed by atoms with Crippen molar-refractivity contribution in [2.24, 2.45) is 0 Å². The van der Waals surface area contributed by atoms with Gasteiger partial charge in [0.2, 0.25) is 0 Å². The zero-order valence-electron chi connectivity index (χ0n) is 16.0. The third kappa shape index (κ3) is 3.82. The lowest BCUT2D eigenvalue weighted by atomic mass is 10.0. The largest absolute Gasteiger partial charge is 0.493 e. The average Bonchev–Trinajstić information content (AvgIpc) is 3.15. The van der Waals surface area contributed by atoms with Gasteiger partial charge in [-0.15, -0.1) is 0 Å². The van der Waals surface area contributed by atoms with Crippen LogP contribution < -0.4 is 9.64 Å². The monoisotopic (exact) mass is 385 g/mol. The molecule has 2 aromatic carbocycles. The van der Waals surface area contributed by atoms with Gasteiger partial charge in [-0.2, -0.15) is 0 Å². The molecule has 4 rings (SSSR count). The molecule has 2 aromatic rings. The summed E-state index contributed by atoms with van der Waals surface area (Å²) in [6.07, 6.45) is 2.49. The van der Waals surface area contributed by atoms with E-state index < -0.39 is 9.73 Å². The van der Waals surface area contributed by atoms with E-state index in [-0.39, 0.29) is 0 Å². The van der Waals surface area contributed by atoms with Crippen molar-refractivity contribution >= 4 is 15.4 Å². The summed E-state index contributed by atoms with van der Waals surface area (Å²) in [5, 5.41) is 0. The Bertz CT molecular complexity index is 917. The Morgan fingerprint density at radius 3 is 2.44 bits per heavy atom. The zero-order chi connectivity index (χ0) is 19.0. The molecule has 2 aliphatic heterocycles. The minimum atomic E-state index is -2.64. The van der Waals surface area contributed by atoms with Crippen LogP contribution in [0.5, 0.6) is 5.75 Å². The molecule has 2 aliphatic rings. The Morgan fingerprint density at radius 1 is 1.07 bits per heavy atom. The molecule has 144 valence electrons. The van der Waals surface area contributed by atoms with Gasteiger partial charge in [-0.25, -0.2) is 8.99 Å². The number of nitrogens with zero attached hydrogens (tertiary/aromatic N) is 2. The Morgan fingerprint density at radius 2 is 1.78 bits per heavy atom. The Labute approximate surface area is 161 Å². The van der Waals surface area contributed by atoms with Crippen molar-refractivity contribution in [3.63, 3.8) is 0 Å². The Balaban J connectivity index is 1.40. The van der Waals surface area contributed by atoms with Crippen LogP contribution in [0.2, 0.25) is 0 Å². The van der Waals surface area contributed by atoms with Crippen molar-refractivity contribution < 1.29 is 8.95 Å². The topological polar surface area (TPSA) is 56.6 Å². The smallest absolute Gasteiger partial charge is 0.122 e. The maximum absolute atomic E-state index is 11.8. The summed E-state index contributed by atoms with van der Waals surface area (Å²) in [5.74, 6) is 1.06. The summed E-state index contributed by atoms with van der Waals surface area (Å²) >= 11 is 0. The second-order valence-corrected chi connectivity index (χ2v) is 9.66. The second-order valence-electron chi connectivity index (χ2n) is 7.50. The van der Waals surface area contributed by atoms with Crippen molar-refractivity contribution in [1.82, 2.24) is 4.90 Å². The van der Waals surface area contributed by atoms with Crippen molar-refractivity contribution in [1.29, 1.82) is 4.78 Å². The molecule has 0 spiro atoms. The van der Waals surface area contributed by atoms with Gasteiger partial charge in [0.25, 0.3) is 0 Å².